The van der Waals surface area contributed by atoms with Gasteiger partial charge in [-0.1, -0.05) is 0 Å². The van der Waals surface area contributed by atoms with Crippen molar-refractivity contribution < 1.29 is 158 Å². The van der Waals surface area contributed by atoms with Crippen LogP contribution >= 0.6 is 0 Å². The van der Waals surface area contributed by atoms with Gasteiger partial charge >= 0.3 is 118 Å². The number of hydrogen-bond donors (Lipinski definition) is 0. The summed E-state index contributed by atoms with van der Waals surface area (Å²) in [4.78, 5) is 37.7. The minimum atomic E-state index is -1.55. The van der Waals surface area contributed by atoms with Crippen molar-refractivity contribution in [1.29, 1.82) is 0 Å². The number of carbonyl (C=O) groups excluding carboxylic acids is 4. The molecule has 0 aromatic carbocycles. The molecule has 0 atom stereocenters. The summed E-state index contributed by atoms with van der Waals surface area (Å²) in [6.45, 7) is 0. The van der Waals surface area contributed by atoms with Crippen molar-refractivity contribution in [2.75, 3.05) is 0 Å². The van der Waals surface area contributed by atoms with E-state index in [-0.39, 0.29) is 118 Å². The number of carboxylic acid groups (broad SMARTS) is 4. The fourth-order valence-corrected chi connectivity index (χ4v) is 0.272. The quantitative estimate of drug-likeness (QED) is 0.364. The molecule has 8 nitrogen and oxygen atoms in total. The molecule has 20 heavy (non-hydrogen) atoms. The van der Waals surface area contributed by atoms with Crippen LogP contribution in [0.3, 0.4) is 0 Å². The van der Waals surface area contributed by atoms with Gasteiger partial charge in [0.05, 0.1) is 23.9 Å². The number of carboxylic acids is 4. The summed E-state index contributed by atoms with van der Waals surface area (Å²) < 4.78 is 0. The van der Waals surface area contributed by atoms with E-state index in [2.05, 4.69) is 0 Å². The number of hydrogen-bond acceptors (Lipinski definition) is 8. The molecular formula is C8H4Na4O8. The van der Waals surface area contributed by atoms with E-state index in [1.807, 2.05) is 0 Å². The fourth-order valence-electron chi connectivity index (χ4n) is 0.272. The van der Waals surface area contributed by atoms with E-state index in [9.17, 15) is 39.6 Å². The van der Waals surface area contributed by atoms with Crippen LogP contribution in [-0.2, 0) is 19.2 Å². The molecule has 0 radical (unpaired) electrons. The van der Waals surface area contributed by atoms with Crippen LogP contribution in [0.25, 0.3) is 0 Å². The second kappa shape index (κ2) is 25.3. The Bertz CT molecular complexity index is 286. The topological polar surface area (TPSA) is 161 Å². The summed E-state index contributed by atoms with van der Waals surface area (Å²) in [7, 11) is 0. The molecule has 0 N–H and O–H groups in total. The minimum absolute atomic E-state index is 0. The summed E-state index contributed by atoms with van der Waals surface area (Å²) in [5.41, 5.74) is 0. The molecule has 88 valence electrons. The minimum Gasteiger partial charge on any atom is -0.545 e. The fraction of sp³-hybridized carbons (Fsp3) is 0. The normalized spacial score (nSPS) is 7.60. The van der Waals surface area contributed by atoms with Gasteiger partial charge in [-0.05, 0) is 24.3 Å². The molecule has 0 aliphatic heterocycles. The molecule has 0 unspecified atom stereocenters. The first-order chi connectivity index (χ1) is 7.25. The second-order valence-corrected chi connectivity index (χ2v) is 1.94. The van der Waals surface area contributed by atoms with E-state index < -0.39 is 23.9 Å². The van der Waals surface area contributed by atoms with Crippen LogP contribution in [0.4, 0.5) is 0 Å². The van der Waals surface area contributed by atoms with Crippen LogP contribution in [0.2, 0.25) is 0 Å². The zero-order valence-electron chi connectivity index (χ0n) is 11.6. The zero-order valence-corrected chi connectivity index (χ0v) is 19.6. The monoisotopic (exact) mass is 320 g/mol. The van der Waals surface area contributed by atoms with E-state index in [4.69, 9.17) is 0 Å². The molecule has 0 rings (SSSR count). The van der Waals surface area contributed by atoms with Crippen LogP contribution < -0.4 is 139 Å². The molecule has 0 heterocycles. The van der Waals surface area contributed by atoms with Gasteiger partial charge in [0, 0.05) is 0 Å². The van der Waals surface area contributed by atoms with Gasteiger partial charge in [-0.15, -0.1) is 0 Å². The Morgan fingerprint density at radius 3 is 0.600 bits per heavy atom. The maximum atomic E-state index is 9.41. The van der Waals surface area contributed by atoms with Crippen LogP contribution in [0.1, 0.15) is 0 Å². The molecule has 0 saturated carbocycles. The standard InChI is InChI=1S/2C4H4O4.4Na/c2*5-3(6)1-2-4(7)8;;;;/h2*1-2H,(H,5,6)(H,7,8);;;;/q;;4*+1/p-4. The zero-order chi connectivity index (χ0) is 13.1. The molecule has 0 fully saturated rings. The first kappa shape index (κ1) is 37.5. The number of rotatable bonds is 4. The summed E-state index contributed by atoms with van der Waals surface area (Å²) in [5, 5.41) is 37.7. The Labute approximate surface area is 202 Å². The first-order valence-corrected chi connectivity index (χ1v) is 3.45. The molecule has 12 heteroatoms. The van der Waals surface area contributed by atoms with Gasteiger partial charge in [0.25, 0.3) is 0 Å². The Kier molecular flexibility index (Phi) is 47.5. The van der Waals surface area contributed by atoms with Crippen molar-refractivity contribution in [1.82, 2.24) is 0 Å². The van der Waals surface area contributed by atoms with Crippen LogP contribution in [0, 0.1) is 0 Å². The third kappa shape index (κ3) is 50.6. The van der Waals surface area contributed by atoms with E-state index >= 15 is 0 Å². The number of carbonyl (C=O) groups is 4. The van der Waals surface area contributed by atoms with Crippen molar-refractivity contribution in [3.63, 3.8) is 0 Å². The summed E-state index contributed by atoms with van der Waals surface area (Å²) in [5.74, 6) is -6.19. The smallest absolute Gasteiger partial charge is 0.545 e. The van der Waals surface area contributed by atoms with Crippen molar-refractivity contribution in [2.24, 2.45) is 0 Å². The van der Waals surface area contributed by atoms with E-state index in [1.165, 1.54) is 0 Å². The third-order valence-corrected chi connectivity index (χ3v) is 0.711. The Hall–Kier alpha value is 1.36. The summed E-state index contributed by atoms with van der Waals surface area (Å²) in [6.07, 6.45) is 1.54. The SMILES string of the molecule is O=C([O-])C=CC(=O)[O-].O=C([O-])C=CC(=O)[O-].[Na+].[Na+].[Na+].[Na+]. The second-order valence-electron chi connectivity index (χ2n) is 1.94. The van der Waals surface area contributed by atoms with Crippen LogP contribution in [-0.4, -0.2) is 23.9 Å². The van der Waals surface area contributed by atoms with E-state index in [0.29, 0.717) is 24.3 Å². The molecular weight excluding hydrogens is 316 g/mol. The predicted molar refractivity (Wildman–Crippen MR) is 38.3 cm³/mol. The predicted octanol–water partition coefficient (Wildman–Crippen LogP) is -17.9. The van der Waals surface area contributed by atoms with Gasteiger partial charge < -0.3 is 39.6 Å². The van der Waals surface area contributed by atoms with Crippen molar-refractivity contribution in [3.05, 3.63) is 24.3 Å². The molecule has 0 spiro atoms. The van der Waals surface area contributed by atoms with Crippen LogP contribution in [0.5, 0.6) is 0 Å². The van der Waals surface area contributed by atoms with E-state index in [1.54, 1.807) is 0 Å². The number of aliphatic carboxylic acids is 4. The van der Waals surface area contributed by atoms with Crippen molar-refractivity contribution >= 4 is 23.9 Å². The molecule has 0 saturated heterocycles. The third-order valence-electron chi connectivity index (χ3n) is 0.711. The molecule has 0 aliphatic carbocycles. The Morgan fingerprint density at radius 2 is 0.550 bits per heavy atom. The molecule has 0 aliphatic rings. The maximum Gasteiger partial charge on any atom is 1.00 e. The summed E-state index contributed by atoms with van der Waals surface area (Å²) >= 11 is 0. The Morgan fingerprint density at radius 1 is 0.450 bits per heavy atom. The average Bonchev–Trinajstić information content (AvgIpc) is 2.12. The largest absolute Gasteiger partial charge is 1.00 e. The molecule has 0 amide bonds. The van der Waals surface area contributed by atoms with Gasteiger partial charge in [-0.3, -0.25) is 0 Å². The molecule has 0 bridgehead atoms. The van der Waals surface area contributed by atoms with Gasteiger partial charge in [-0.2, -0.15) is 0 Å². The van der Waals surface area contributed by atoms with Crippen molar-refractivity contribution in [3.8, 4) is 0 Å². The average molecular weight is 320 g/mol. The molecule has 0 aromatic heterocycles. The van der Waals surface area contributed by atoms with E-state index in [0.717, 1.165) is 0 Å². The maximum absolute atomic E-state index is 9.41. The molecule has 0 aromatic rings. The van der Waals surface area contributed by atoms with Gasteiger partial charge in [0.2, 0.25) is 0 Å². The van der Waals surface area contributed by atoms with Crippen LogP contribution in [0.15, 0.2) is 24.3 Å². The first-order valence-electron chi connectivity index (χ1n) is 3.45. The summed E-state index contributed by atoms with van der Waals surface area (Å²) in [6, 6.07) is 0. The van der Waals surface area contributed by atoms with Gasteiger partial charge in [-0.25, -0.2) is 0 Å². The van der Waals surface area contributed by atoms with Crippen molar-refractivity contribution in [2.45, 2.75) is 0 Å². The Balaban J connectivity index is -0.0000000408. The van der Waals surface area contributed by atoms with Gasteiger partial charge in [0.1, 0.15) is 0 Å². The van der Waals surface area contributed by atoms with Gasteiger partial charge in [0.15, 0.2) is 0 Å².